The molecule has 0 rings (SSSR count). The van der Waals surface area contributed by atoms with Crippen LogP contribution in [0.5, 0.6) is 0 Å². The second kappa shape index (κ2) is 8.32. The molecule has 0 radical (unpaired) electrons. The fourth-order valence-corrected chi connectivity index (χ4v) is 1.46. The molecule has 0 aromatic heterocycles. The van der Waals surface area contributed by atoms with Crippen molar-refractivity contribution in [3.63, 3.8) is 0 Å². The largest absolute Gasteiger partial charge is 0.444 e. The third-order valence-corrected chi connectivity index (χ3v) is 2.44. The van der Waals surface area contributed by atoms with E-state index in [2.05, 4.69) is 4.90 Å². The van der Waals surface area contributed by atoms with E-state index in [1.165, 1.54) is 0 Å². The van der Waals surface area contributed by atoms with Crippen LogP contribution < -0.4 is 0 Å². The maximum absolute atomic E-state index is 11.7. The molecule has 1 N–H and O–H groups in total. The Hall–Kier alpha value is -0.810. The van der Waals surface area contributed by atoms with Gasteiger partial charge in [-0.05, 0) is 47.2 Å². The number of aliphatic hydroxyl groups is 1. The molecule has 0 saturated carbocycles. The molecule has 0 heterocycles. The molecule has 0 aliphatic rings. The predicted octanol–water partition coefficient (Wildman–Crippen LogP) is 1.56. The Morgan fingerprint density at radius 3 is 2.17 bits per heavy atom. The van der Waals surface area contributed by atoms with Crippen molar-refractivity contribution in [2.45, 2.75) is 39.2 Å². The van der Waals surface area contributed by atoms with Crippen LogP contribution in [0.3, 0.4) is 0 Å². The van der Waals surface area contributed by atoms with Gasteiger partial charge in [0.1, 0.15) is 5.60 Å². The Morgan fingerprint density at radius 1 is 1.11 bits per heavy atom. The van der Waals surface area contributed by atoms with E-state index < -0.39 is 5.60 Å². The van der Waals surface area contributed by atoms with Crippen LogP contribution in [-0.2, 0) is 4.74 Å². The Morgan fingerprint density at radius 2 is 1.67 bits per heavy atom. The summed E-state index contributed by atoms with van der Waals surface area (Å²) in [6.45, 7) is 8.28. The zero-order valence-electron chi connectivity index (χ0n) is 12.4. The molecule has 0 saturated heterocycles. The van der Waals surface area contributed by atoms with Gasteiger partial charge in [-0.25, -0.2) is 4.79 Å². The van der Waals surface area contributed by atoms with E-state index in [0.717, 1.165) is 25.9 Å². The smallest absolute Gasteiger partial charge is 0.410 e. The average Bonchev–Trinajstić information content (AvgIpc) is 2.23. The van der Waals surface area contributed by atoms with E-state index in [-0.39, 0.29) is 12.7 Å². The highest BCUT2D eigenvalue weighted by Crippen LogP contribution is 2.09. The Kier molecular flexibility index (Phi) is 7.95. The molecule has 0 aliphatic carbocycles. The Labute approximate surface area is 111 Å². The van der Waals surface area contributed by atoms with Crippen LogP contribution in [0.2, 0.25) is 0 Å². The lowest BCUT2D eigenvalue weighted by molar-refractivity contribution is 0.0293. The van der Waals surface area contributed by atoms with Gasteiger partial charge in [0.15, 0.2) is 0 Å². The molecule has 0 bridgehead atoms. The topological polar surface area (TPSA) is 53.0 Å². The van der Waals surface area contributed by atoms with Crippen molar-refractivity contribution in [3.05, 3.63) is 0 Å². The van der Waals surface area contributed by atoms with Gasteiger partial charge in [0.05, 0.1) is 0 Å². The van der Waals surface area contributed by atoms with E-state index in [9.17, 15) is 4.79 Å². The van der Waals surface area contributed by atoms with Gasteiger partial charge in [-0.15, -0.1) is 0 Å². The monoisotopic (exact) mass is 260 g/mol. The summed E-state index contributed by atoms with van der Waals surface area (Å²) in [5, 5.41) is 8.71. The molecule has 5 heteroatoms. The minimum absolute atomic E-state index is 0.224. The second-order valence-electron chi connectivity index (χ2n) is 5.64. The molecule has 0 aromatic rings. The Balaban J connectivity index is 3.76. The first kappa shape index (κ1) is 17.2. The third-order valence-electron chi connectivity index (χ3n) is 2.44. The van der Waals surface area contributed by atoms with E-state index in [0.29, 0.717) is 6.54 Å². The van der Waals surface area contributed by atoms with Gasteiger partial charge < -0.3 is 19.6 Å². The van der Waals surface area contributed by atoms with Gasteiger partial charge in [0.25, 0.3) is 0 Å². The van der Waals surface area contributed by atoms with Crippen LogP contribution in [0.15, 0.2) is 0 Å². The van der Waals surface area contributed by atoms with Gasteiger partial charge in [0.2, 0.25) is 0 Å². The number of amides is 1. The van der Waals surface area contributed by atoms with Crippen LogP contribution >= 0.6 is 0 Å². The number of aliphatic hydroxyl groups excluding tert-OH is 1. The summed E-state index contributed by atoms with van der Waals surface area (Å²) in [5.41, 5.74) is -0.441. The molecule has 0 unspecified atom stereocenters. The molecule has 0 fully saturated rings. The SMILES string of the molecule is CN(CCCO)CCCN(C)C(=O)OC(C)(C)C. The zero-order valence-corrected chi connectivity index (χ0v) is 12.4. The standard InChI is InChI=1S/C13H28N2O3/c1-13(2,3)18-12(17)15(5)10-6-8-14(4)9-7-11-16/h16H,6-11H2,1-5H3. The van der Waals surface area contributed by atoms with Crippen molar-refractivity contribution < 1.29 is 14.6 Å². The third kappa shape index (κ3) is 9.24. The van der Waals surface area contributed by atoms with Gasteiger partial charge in [-0.2, -0.15) is 0 Å². The van der Waals surface area contributed by atoms with Gasteiger partial charge >= 0.3 is 6.09 Å². The summed E-state index contributed by atoms with van der Waals surface area (Å²) in [4.78, 5) is 15.4. The van der Waals surface area contributed by atoms with Gasteiger partial charge in [-0.1, -0.05) is 0 Å². The fraction of sp³-hybridized carbons (Fsp3) is 0.923. The quantitative estimate of drug-likeness (QED) is 0.754. The second-order valence-corrected chi connectivity index (χ2v) is 5.64. The first-order chi connectivity index (χ1) is 8.26. The first-order valence-electron chi connectivity index (χ1n) is 6.50. The normalized spacial score (nSPS) is 11.7. The van der Waals surface area contributed by atoms with Crippen LogP contribution in [-0.4, -0.2) is 66.9 Å². The summed E-state index contributed by atoms with van der Waals surface area (Å²) in [6, 6.07) is 0. The molecule has 5 nitrogen and oxygen atoms in total. The highest BCUT2D eigenvalue weighted by Gasteiger charge is 2.19. The van der Waals surface area contributed by atoms with Crippen molar-refractivity contribution in [1.29, 1.82) is 0 Å². The number of ether oxygens (including phenoxy) is 1. The van der Waals surface area contributed by atoms with Crippen LogP contribution in [0.4, 0.5) is 4.79 Å². The summed E-state index contributed by atoms with van der Waals surface area (Å²) in [5.74, 6) is 0. The fourth-order valence-electron chi connectivity index (χ4n) is 1.46. The van der Waals surface area contributed by atoms with Crippen molar-refractivity contribution in [2.75, 3.05) is 40.3 Å². The molecule has 108 valence electrons. The minimum Gasteiger partial charge on any atom is -0.444 e. The maximum atomic E-state index is 11.7. The molecular weight excluding hydrogens is 232 g/mol. The predicted molar refractivity (Wildman–Crippen MR) is 72.7 cm³/mol. The summed E-state index contributed by atoms with van der Waals surface area (Å²) in [7, 11) is 3.77. The molecular formula is C13H28N2O3. The number of hydrogen-bond donors (Lipinski definition) is 1. The lowest BCUT2D eigenvalue weighted by Gasteiger charge is -2.25. The van der Waals surface area contributed by atoms with Crippen molar-refractivity contribution >= 4 is 6.09 Å². The zero-order chi connectivity index (χ0) is 14.2. The van der Waals surface area contributed by atoms with E-state index in [1.807, 2.05) is 27.8 Å². The van der Waals surface area contributed by atoms with E-state index in [4.69, 9.17) is 9.84 Å². The van der Waals surface area contributed by atoms with Crippen molar-refractivity contribution in [1.82, 2.24) is 9.80 Å². The molecule has 0 aromatic carbocycles. The number of rotatable bonds is 7. The van der Waals surface area contributed by atoms with Crippen LogP contribution in [0, 0.1) is 0 Å². The highest BCUT2D eigenvalue weighted by atomic mass is 16.6. The van der Waals surface area contributed by atoms with Gasteiger partial charge in [0, 0.05) is 26.7 Å². The van der Waals surface area contributed by atoms with E-state index >= 15 is 0 Å². The summed E-state index contributed by atoms with van der Waals surface area (Å²) in [6.07, 6.45) is 1.41. The number of nitrogens with zero attached hydrogens (tertiary/aromatic N) is 2. The van der Waals surface area contributed by atoms with E-state index in [1.54, 1.807) is 11.9 Å². The Bertz CT molecular complexity index is 239. The lowest BCUT2D eigenvalue weighted by Crippen LogP contribution is -2.35. The maximum Gasteiger partial charge on any atom is 0.410 e. The number of carbonyl (C=O) groups excluding carboxylic acids is 1. The molecule has 1 amide bonds. The molecule has 0 atom stereocenters. The molecule has 0 aliphatic heterocycles. The number of carbonyl (C=O) groups is 1. The summed E-state index contributed by atoms with van der Waals surface area (Å²) >= 11 is 0. The summed E-state index contributed by atoms with van der Waals surface area (Å²) < 4.78 is 5.26. The van der Waals surface area contributed by atoms with Crippen LogP contribution in [0.1, 0.15) is 33.6 Å². The average molecular weight is 260 g/mol. The van der Waals surface area contributed by atoms with Crippen molar-refractivity contribution in [2.24, 2.45) is 0 Å². The first-order valence-corrected chi connectivity index (χ1v) is 6.50. The highest BCUT2D eigenvalue weighted by molar-refractivity contribution is 5.67. The van der Waals surface area contributed by atoms with Crippen molar-refractivity contribution in [3.8, 4) is 0 Å². The molecule has 18 heavy (non-hydrogen) atoms. The van der Waals surface area contributed by atoms with Crippen LogP contribution in [0.25, 0.3) is 0 Å². The number of hydrogen-bond acceptors (Lipinski definition) is 4. The van der Waals surface area contributed by atoms with Gasteiger partial charge in [-0.3, -0.25) is 0 Å². The lowest BCUT2D eigenvalue weighted by atomic mass is 10.2. The molecule has 0 spiro atoms. The minimum atomic E-state index is -0.441.